The van der Waals surface area contributed by atoms with E-state index in [1.165, 1.54) is 12.4 Å². The lowest BCUT2D eigenvalue weighted by Crippen LogP contribution is -2.33. The first-order valence-electron chi connectivity index (χ1n) is 5.05. The zero-order valence-corrected chi connectivity index (χ0v) is 8.35. The Labute approximate surface area is 87.9 Å². The van der Waals surface area contributed by atoms with Crippen LogP contribution in [0.5, 0.6) is 0 Å². The van der Waals surface area contributed by atoms with Crippen LogP contribution < -0.4 is 5.32 Å². The van der Waals surface area contributed by atoms with E-state index in [2.05, 4.69) is 15.3 Å². The number of amides is 1. The molecule has 1 fully saturated rings. The minimum atomic E-state index is -0.333. The van der Waals surface area contributed by atoms with Crippen LogP contribution >= 0.6 is 0 Å². The van der Waals surface area contributed by atoms with E-state index < -0.39 is 0 Å². The molecule has 1 unspecified atom stereocenters. The van der Waals surface area contributed by atoms with E-state index in [1.807, 2.05) is 0 Å². The Morgan fingerprint density at radius 3 is 3.07 bits per heavy atom. The number of carbonyl (C=O) groups excluding carboxylic acids is 1. The molecule has 0 aliphatic carbocycles. The van der Waals surface area contributed by atoms with Gasteiger partial charge in [-0.15, -0.1) is 0 Å². The van der Waals surface area contributed by atoms with Crippen LogP contribution in [0.4, 0.5) is 5.82 Å². The van der Waals surface area contributed by atoms with Crippen molar-refractivity contribution in [2.45, 2.75) is 25.4 Å². The van der Waals surface area contributed by atoms with Crippen molar-refractivity contribution in [3.05, 3.63) is 18.6 Å². The largest absolute Gasteiger partial charge is 0.368 e. The molecule has 5 heteroatoms. The quantitative estimate of drug-likeness (QED) is 0.785. The van der Waals surface area contributed by atoms with Gasteiger partial charge in [0, 0.05) is 19.0 Å². The average molecular weight is 207 g/mol. The molecule has 5 nitrogen and oxygen atoms in total. The predicted octanol–water partition coefficient (Wildman–Crippen LogP) is 0.984. The van der Waals surface area contributed by atoms with Crippen LogP contribution in [-0.4, -0.2) is 28.6 Å². The summed E-state index contributed by atoms with van der Waals surface area (Å²) in [6.07, 6.45) is 7.14. The molecule has 1 aromatic rings. The van der Waals surface area contributed by atoms with E-state index in [4.69, 9.17) is 4.74 Å². The molecule has 1 N–H and O–H groups in total. The van der Waals surface area contributed by atoms with E-state index >= 15 is 0 Å². The highest BCUT2D eigenvalue weighted by atomic mass is 16.5. The number of hydrogen-bond donors (Lipinski definition) is 1. The van der Waals surface area contributed by atoms with Gasteiger partial charge in [0.1, 0.15) is 6.10 Å². The maximum absolute atomic E-state index is 11.7. The fraction of sp³-hybridized carbons (Fsp3) is 0.500. The molecule has 1 aliphatic heterocycles. The van der Waals surface area contributed by atoms with E-state index in [-0.39, 0.29) is 12.0 Å². The van der Waals surface area contributed by atoms with Crippen molar-refractivity contribution < 1.29 is 9.53 Å². The van der Waals surface area contributed by atoms with Crippen molar-refractivity contribution in [2.75, 3.05) is 11.9 Å². The molecule has 0 bridgehead atoms. The van der Waals surface area contributed by atoms with Crippen LogP contribution in [-0.2, 0) is 9.53 Å². The summed E-state index contributed by atoms with van der Waals surface area (Å²) in [4.78, 5) is 19.5. The van der Waals surface area contributed by atoms with E-state index in [0.29, 0.717) is 12.4 Å². The van der Waals surface area contributed by atoms with Gasteiger partial charge in [-0.25, -0.2) is 4.98 Å². The minimum absolute atomic E-state index is 0.129. The van der Waals surface area contributed by atoms with Crippen LogP contribution in [0.1, 0.15) is 19.3 Å². The van der Waals surface area contributed by atoms with Gasteiger partial charge in [-0.3, -0.25) is 9.78 Å². The van der Waals surface area contributed by atoms with Crippen molar-refractivity contribution in [1.29, 1.82) is 0 Å². The molecule has 80 valence electrons. The second kappa shape index (κ2) is 4.84. The van der Waals surface area contributed by atoms with Gasteiger partial charge in [0.05, 0.1) is 6.20 Å². The summed E-state index contributed by atoms with van der Waals surface area (Å²) >= 11 is 0. The Balaban J connectivity index is 1.91. The van der Waals surface area contributed by atoms with E-state index in [0.717, 1.165) is 19.3 Å². The first-order valence-corrected chi connectivity index (χ1v) is 5.05. The number of aromatic nitrogens is 2. The molecule has 0 radical (unpaired) electrons. The number of nitrogens with one attached hydrogen (secondary N) is 1. The van der Waals surface area contributed by atoms with Crippen molar-refractivity contribution >= 4 is 11.7 Å². The summed E-state index contributed by atoms with van der Waals surface area (Å²) in [7, 11) is 0. The van der Waals surface area contributed by atoms with Gasteiger partial charge in [-0.1, -0.05) is 0 Å². The second-order valence-electron chi connectivity index (χ2n) is 3.44. The standard InChI is InChI=1S/C10H13N3O2/c14-10(8-3-1-2-6-15-8)13-9-7-11-4-5-12-9/h4-5,7-8H,1-3,6H2,(H,12,13,14). The summed E-state index contributed by atoms with van der Waals surface area (Å²) in [5, 5.41) is 2.67. The highest BCUT2D eigenvalue weighted by molar-refractivity contribution is 5.93. The number of nitrogens with zero attached hydrogens (tertiary/aromatic N) is 2. The molecule has 0 aromatic carbocycles. The van der Waals surface area contributed by atoms with Crippen LogP contribution in [0.3, 0.4) is 0 Å². The summed E-state index contributed by atoms with van der Waals surface area (Å²) in [6.45, 7) is 0.665. The Morgan fingerprint density at radius 1 is 1.47 bits per heavy atom. The van der Waals surface area contributed by atoms with Gasteiger partial charge in [0.25, 0.3) is 5.91 Å². The molecule has 1 aliphatic rings. The van der Waals surface area contributed by atoms with E-state index in [9.17, 15) is 4.79 Å². The summed E-state index contributed by atoms with van der Waals surface area (Å²) < 4.78 is 5.35. The number of anilines is 1. The zero-order chi connectivity index (χ0) is 10.5. The van der Waals surface area contributed by atoms with Gasteiger partial charge >= 0.3 is 0 Å². The molecule has 1 amide bonds. The Morgan fingerprint density at radius 2 is 2.40 bits per heavy atom. The molecule has 1 aromatic heterocycles. The molecule has 1 saturated heterocycles. The summed E-state index contributed by atoms with van der Waals surface area (Å²) in [5.74, 6) is 0.340. The lowest BCUT2D eigenvalue weighted by Gasteiger charge is -2.21. The second-order valence-corrected chi connectivity index (χ2v) is 3.44. The van der Waals surface area contributed by atoms with Gasteiger partial charge in [-0.05, 0) is 19.3 Å². The zero-order valence-electron chi connectivity index (χ0n) is 8.35. The lowest BCUT2D eigenvalue weighted by molar-refractivity contribution is -0.130. The summed E-state index contributed by atoms with van der Waals surface area (Å²) in [6, 6.07) is 0. The number of hydrogen-bond acceptors (Lipinski definition) is 4. The Bertz CT molecular complexity index is 323. The van der Waals surface area contributed by atoms with Gasteiger partial charge in [-0.2, -0.15) is 0 Å². The fourth-order valence-corrected chi connectivity index (χ4v) is 1.52. The predicted molar refractivity (Wildman–Crippen MR) is 54.3 cm³/mol. The SMILES string of the molecule is O=C(Nc1cnccn1)C1CCCCO1. The Kier molecular flexibility index (Phi) is 3.24. The topological polar surface area (TPSA) is 64.1 Å². The van der Waals surface area contributed by atoms with E-state index in [1.54, 1.807) is 6.20 Å². The molecule has 1 atom stereocenters. The van der Waals surface area contributed by atoms with Gasteiger partial charge in [0.15, 0.2) is 5.82 Å². The highest BCUT2D eigenvalue weighted by Gasteiger charge is 2.21. The maximum Gasteiger partial charge on any atom is 0.254 e. The molecule has 0 spiro atoms. The van der Waals surface area contributed by atoms with Crippen LogP contribution in [0.15, 0.2) is 18.6 Å². The molecule has 2 rings (SSSR count). The Hall–Kier alpha value is -1.49. The fourth-order valence-electron chi connectivity index (χ4n) is 1.52. The highest BCUT2D eigenvalue weighted by Crippen LogP contribution is 2.14. The normalized spacial score (nSPS) is 20.9. The van der Waals surface area contributed by atoms with Gasteiger partial charge in [0.2, 0.25) is 0 Å². The number of rotatable bonds is 2. The summed E-state index contributed by atoms with van der Waals surface area (Å²) in [5.41, 5.74) is 0. The van der Waals surface area contributed by atoms with Crippen LogP contribution in [0.2, 0.25) is 0 Å². The molecular formula is C10H13N3O2. The third-order valence-electron chi connectivity index (χ3n) is 2.29. The van der Waals surface area contributed by atoms with Crippen molar-refractivity contribution in [3.8, 4) is 0 Å². The van der Waals surface area contributed by atoms with Crippen LogP contribution in [0, 0.1) is 0 Å². The molecular weight excluding hydrogens is 194 g/mol. The number of ether oxygens (including phenoxy) is 1. The minimum Gasteiger partial charge on any atom is -0.368 e. The lowest BCUT2D eigenvalue weighted by atomic mass is 10.1. The third kappa shape index (κ3) is 2.73. The van der Waals surface area contributed by atoms with Crippen molar-refractivity contribution in [1.82, 2.24) is 9.97 Å². The molecule has 15 heavy (non-hydrogen) atoms. The monoisotopic (exact) mass is 207 g/mol. The first kappa shape index (κ1) is 10.0. The molecule has 2 heterocycles. The smallest absolute Gasteiger partial charge is 0.254 e. The number of carbonyl (C=O) groups is 1. The molecule has 0 saturated carbocycles. The van der Waals surface area contributed by atoms with Crippen molar-refractivity contribution in [2.24, 2.45) is 0 Å². The van der Waals surface area contributed by atoms with Crippen molar-refractivity contribution in [3.63, 3.8) is 0 Å². The van der Waals surface area contributed by atoms with Crippen LogP contribution in [0.25, 0.3) is 0 Å². The third-order valence-corrected chi connectivity index (χ3v) is 2.29. The average Bonchev–Trinajstić information content (AvgIpc) is 2.31. The van der Waals surface area contributed by atoms with Gasteiger partial charge < -0.3 is 10.1 Å². The first-order chi connectivity index (χ1) is 7.36. The maximum atomic E-state index is 11.7.